The Hall–Kier alpha value is -4.65. The van der Waals surface area contributed by atoms with Gasteiger partial charge in [0.2, 0.25) is 79.7 Å². The van der Waals surface area contributed by atoms with Crippen molar-refractivity contribution in [3.8, 4) is 0 Å². The molecule has 0 bridgehead atoms. The Bertz CT molecular complexity index is 3160. The molecule has 0 radical (unpaired) electrons. The molecular weight excluding hydrogens is 1340 g/mol. The molecule has 0 aliphatic carbocycles. The number of primary amides is 1. The number of amides is 5. The molecule has 0 aliphatic rings. The molecule has 0 aliphatic heterocycles. The number of rotatable bonds is 51. The zero-order valence-electron chi connectivity index (χ0n) is 59.7. The van der Waals surface area contributed by atoms with Crippen LogP contribution >= 0.6 is 0 Å². The Kier molecular flexibility index (Phi) is 39.5. The summed E-state index contributed by atoms with van der Waals surface area (Å²) in [6.07, 6.45) is 1.68. The number of nitrogens with zero attached hydrogens (tertiary/aromatic N) is 5. The van der Waals surface area contributed by atoms with E-state index in [0.29, 0.717) is 18.4 Å². The third-order valence-electron chi connectivity index (χ3n) is 15.2. The number of nitrogens with one attached hydrogen (secondary N) is 6. The van der Waals surface area contributed by atoms with Gasteiger partial charge in [-0.05, 0) is 85.0 Å². The molecule has 5 amide bonds. The van der Waals surface area contributed by atoms with Gasteiger partial charge < -0.3 is 43.8 Å². The topological polar surface area (TPSA) is 434 Å². The summed E-state index contributed by atoms with van der Waals surface area (Å²) in [5.74, 6) is -8.77. The normalized spacial score (nSPS) is 14.9. The highest BCUT2D eigenvalue weighted by Crippen LogP contribution is 2.21. The van der Waals surface area contributed by atoms with Gasteiger partial charge in [0.05, 0.1) is 61.5 Å². The maximum absolute atomic E-state index is 14.5. The summed E-state index contributed by atoms with van der Waals surface area (Å²) in [5, 5.41) is 21.6. The summed E-state index contributed by atoms with van der Waals surface area (Å²) >= 11 is 0. The molecule has 0 spiro atoms. The summed E-state index contributed by atoms with van der Waals surface area (Å²) in [5.41, 5.74) is 17.2. The summed E-state index contributed by atoms with van der Waals surface area (Å²) in [6, 6.07) is 4.24. The third-order valence-corrected chi connectivity index (χ3v) is 25.2. The van der Waals surface area contributed by atoms with E-state index in [1.807, 2.05) is 48.5 Å². The van der Waals surface area contributed by atoms with Gasteiger partial charge in [-0.1, -0.05) is 141 Å². The summed E-state index contributed by atoms with van der Waals surface area (Å²) in [6.45, 7) is 21.2. The van der Waals surface area contributed by atoms with Gasteiger partial charge in [-0.3, -0.25) is 29.4 Å². The van der Waals surface area contributed by atoms with Crippen molar-refractivity contribution in [1.82, 2.24) is 48.1 Å². The highest BCUT2D eigenvalue weighted by Gasteiger charge is 2.37. The Morgan fingerprint density at radius 1 is 0.469 bits per heavy atom. The van der Waals surface area contributed by atoms with Gasteiger partial charge in [-0.15, -0.1) is 0 Å². The largest absolute Gasteiger partial charge is 0.370 e. The van der Waals surface area contributed by atoms with Crippen molar-refractivity contribution in [1.29, 1.82) is 5.41 Å². The van der Waals surface area contributed by atoms with Gasteiger partial charge in [-0.2, -0.15) is 21.5 Å². The number of carbonyl (C=O) groups excluding carboxylic acids is 5. The first-order valence-electron chi connectivity index (χ1n) is 33.4. The van der Waals surface area contributed by atoms with Gasteiger partial charge in [-0.25, -0.2) is 42.1 Å². The van der Waals surface area contributed by atoms with Gasteiger partial charge in [0.25, 0.3) is 0 Å². The van der Waals surface area contributed by atoms with E-state index in [-0.39, 0.29) is 81.5 Å². The Labute approximate surface area is 576 Å². The molecule has 34 heteroatoms. The van der Waals surface area contributed by atoms with E-state index in [1.165, 1.54) is 0 Å². The van der Waals surface area contributed by atoms with Crippen LogP contribution in [0.1, 0.15) is 148 Å². The van der Waals surface area contributed by atoms with Crippen molar-refractivity contribution < 1.29 is 66.1 Å². The third kappa shape index (κ3) is 36.4. The number of guanidine groups is 1. The van der Waals surface area contributed by atoms with E-state index >= 15 is 0 Å². The minimum Gasteiger partial charge on any atom is -0.370 e. The molecule has 12 N–H and O–H groups in total. The lowest BCUT2D eigenvalue weighted by Gasteiger charge is -2.33. The minimum atomic E-state index is -4.35. The van der Waals surface area contributed by atoms with Crippen molar-refractivity contribution in [3.63, 3.8) is 0 Å². The van der Waals surface area contributed by atoms with Crippen LogP contribution < -0.4 is 43.8 Å². The lowest BCUT2D eigenvalue weighted by Crippen LogP contribution is -2.56. The fraction of sp³-hybridized carbons (Fsp3) is 0.806. The molecule has 96 heavy (non-hydrogen) atoms. The average Bonchev–Trinajstić information content (AvgIpc) is 0.858. The van der Waals surface area contributed by atoms with Crippen molar-refractivity contribution >= 4 is 85.6 Å². The number of benzene rings is 1. The second-order valence-electron chi connectivity index (χ2n) is 28.1. The smallest absolute Gasteiger partial charge is 0.235 e. The highest BCUT2D eigenvalue weighted by molar-refractivity contribution is 7.90. The van der Waals surface area contributed by atoms with Gasteiger partial charge in [0.1, 0.15) is 0 Å². The maximum Gasteiger partial charge on any atom is 0.235 e. The molecule has 1 aromatic rings. The maximum atomic E-state index is 14.5. The van der Waals surface area contributed by atoms with Crippen molar-refractivity contribution in [3.05, 3.63) is 35.9 Å². The zero-order chi connectivity index (χ0) is 73.7. The lowest BCUT2D eigenvalue weighted by atomic mass is 9.99. The minimum absolute atomic E-state index is 0.0124. The molecule has 29 nitrogen and oxygen atoms in total. The first-order chi connectivity index (χ1) is 44.2. The summed E-state index contributed by atoms with van der Waals surface area (Å²) in [7, 11) is -21.2. The quantitative estimate of drug-likeness (QED) is 0.0255. The predicted octanol–water partition coefficient (Wildman–Crippen LogP) is 1.78. The SMILES string of the molecule is CCC(C)[C@@H](CN(CC(=O)N[C@@H](CC(C)C)CN(CC(=O)N[C@@H](CC(C)C)CN(CC(N)=O)S(=O)(=O)Cc1ccccc1)S(=O)(=O)CC(C)C)S(=O)(=O)CC(C)C)NC(=O)CN(C[C@H](CCCNC(=N)N)NC(=O)CN(C[C@@H](C)CC(C)C)S(=O)(=O)CCN)S(=O)(=O)CC(C)C. The molecule has 1 rings (SSSR count). The van der Waals surface area contributed by atoms with Gasteiger partial charge in [0.15, 0.2) is 5.96 Å². The highest BCUT2D eigenvalue weighted by atomic mass is 32.2. The number of carbonyl (C=O) groups is 5. The molecule has 558 valence electrons. The van der Waals surface area contributed by atoms with E-state index in [0.717, 1.165) is 21.5 Å². The van der Waals surface area contributed by atoms with Crippen LogP contribution in [-0.4, -0.2) is 225 Å². The van der Waals surface area contributed by atoms with E-state index in [9.17, 15) is 66.1 Å². The van der Waals surface area contributed by atoms with Crippen LogP contribution in [0.3, 0.4) is 0 Å². The summed E-state index contributed by atoms with van der Waals surface area (Å²) in [4.78, 5) is 69.6. The molecule has 1 aromatic carbocycles. The fourth-order valence-corrected chi connectivity index (χ4v) is 19.3. The standard InChI is InChI=1S/C62H120N14O15S5/c1-16-51(15)56(71-61(81)39-74(93(84,85)40-47(8)9)31-53(23-20-25-67-62(65)66)68-58(78)36-72(92(82,83)26-24-63)30-50(14)27-44(2)3)34-76(95(88,89)42-49(12)13)38-60(80)70-55(29-46(6)7)33-75(94(86,87)41-48(10)11)37-59(79)69-54(28-45(4)5)32-73(35-57(64)77)96(90,91)43-52-21-18-17-19-22-52/h17-19,21-22,44-51,53-56H,16,20,23-43,63H2,1-15H3,(H2,64,77)(H,68,78)(H,69,79)(H,70,80)(H,71,81)(H4,65,66,67)/t50-,51?,53-,54-,55-,56+/m0/s1. The van der Waals surface area contributed by atoms with E-state index in [2.05, 4.69) is 26.6 Å². The summed E-state index contributed by atoms with van der Waals surface area (Å²) < 4.78 is 146. The molecule has 0 heterocycles. The lowest BCUT2D eigenvalue weighted by molar-refractivity contribution is -0.123. The number of nitrogens with two attached hydrogens (primary N) is 3. The average molecular weight is 1460 g/mol. The first kappa shape index (κ1) is 89.4. The zero-order valence-corrected chi connectivity index (χ0v) is 63.8. The van der Waals surface area contributed by atoms with Crippen LogP contribution in [0.4, 0.5) is 0 Å². The van der Waals surface area contributed by atoms with E-state index in [4.69, 9.17) is 22.6 Å². The van der Waals surface area contributed by atoms with Crippen LogP contribution in [0.2, 0.25) is 0 Å². The van der Waals surface area contributed by atoms with Crippen LogP contribution in [0.5, 0.6) is 0 Å². The second-order valence-corrected chi connectivity index (χ2v) is 38.2. The van der Waals surface area contributed by atoms with Crippen molar-refractivity contribution in [2.24, 2.45) is 64.5 Å². The van der Waals surface area contributed by atoms with Crippen molar-refractivity contribution in [2.45, 2.75) is 172 Å². The molecule has 1 unspecified atom stereocenters. The number of hydrogen-bond acceptors (Lipinski definition) is 17. The molecule has 0 saturated heterocycles. The van der Waals surface area contributed by atoms with Crippen LogP contribution in [0.25, 0.3) is 0 Å². The molecule has 0 saturated carbocycles. The first-order valence-corrected chi connectivity index (χ1v) is 41.4. The molecule has 0 aromatic heterocycles. The number of hydrogen-bond donors (Lipinski definition) is 9. The van der Waals surface area contributed by atoms with Crippen LogP contribution in [0.15, 0.2) is 30.3 Å². The van der Waals surface area contributed by atoms with Crippen LogP contribution in [-0.2, 0) is 79.8 Å². The van der Waals surface area contributed by atoms with Gasteiger partial charge in [0, 0.05) is 70.0 Å². The Morgan fingerprint density at radius 2 is 0.844 bits per heavy atom. The van der Waals surface area contributed by atoms with E-state index < -0.39 is 209 Å². The Balaban J connectivity index is 3.84. The van der Waals surface area contributed by atoms with Crippen molar-refractivity contribution in [2.75, 3.05) is 102 Å². The molecule has 6 atom stereocenters. The fourth-order valence-electron chi connectivity index (χ4n) is 11.1. The molecule has 0 fully saturated rings. The predicted molar refractivity (Wildman–Crippen MR) is 379 cm³/mol. The van der Waals surface area contributed by atoms with Gasteiger partial charge >= 0.3 is 0 Å². The van der Waals surface area contributed by atoms with E-state index in [1.54, 1.807) is 85.7 Å². The second kappa shape index (κ2) is 42.5. The molecular formula is C62H120N14O15S5. The van der Waals surface area contributed by atoms with Crippen LogP contribution in [0, 0.1) is 52.8 Å². The Morgan fingerprint density at radius 3 is 1.22 bits per heavy atom. The number of sulfonamides is 5. The monoisotopic (exact) mass is 1460 g/mol.